The van der Waals surface area contributed by atoms with Gasteiger partial charge in [-0.25, -0.2) is 0 Å². The van der Waals surface area contributed by atoms with Gasteiger partial charge >= 0.3 is 0 Å². The van der Waals surface area contributed by atoms with Gasteiger partial charge in [-0.15, -0.1) is 0 Å². The summed E-state index contributed by atoms with van der Waals surface area (Å²) >= 11 is 0. The van der Waals surface area contributed by atoms with Crippen LogP contribution in [0.15, 0.2) is 0 Å². The molecule has 2 nitrogen and oxygen atoms in total. The van der Waals surface area contributed by atoms with Crippen LogP contribution in [0.1, 0.15) is 25.7 Å². The van der Waals surface area contributed by atoms with E-state index in [1.54, 1.807) is 0 Å². The van der Waals surface area contributed by atoms with E-state index in [4.69, 9.17) is 0 Å². The van der Waals surface area contributed by atoms with Crippen LogP contribution < -0.4 is 5.32 Å². The van der Waals surface area contributed by atoms with E-state index < -0.39 is 0 Å². The van der Waals surface area contributed by atoms with E-state index >= 15 is 0 Å². The molecule has 0 amide bonds. The van der Waals surface area contributed by atoms with Gasteiger partial charge in [0.15, 0.2) is 0 Å². The molecule has 13 heavy (non-hydrogen) atoms. The quantitative estimate of drug-likeness (QED) is 0.644. The molecule has 2 aliphatic carbocycles. The molecule has 0 unspecified atom stereocenters. The van der Waals surface area contributed by atoms with Crippen LogP contribution in [-0.2, 0) is 0 Å². The SMILES string of the molecule is CNC1CC2(CC(CB(C)O)C2)C1. The fraction of sp³-hybridized carbons (Fsp3) is 1.00. The van der Waals surface area contributed by atoms with E-state index in [2.05, 4.69) is 12.4 Å². The third-order valence-corrected chi connectivity index (χ3v) is 3.88. The highest BCUT2D eigenvalue weighted by atomic mass is 16.2. The van der Waals surface area contributed by atoms with E-state index in [0.29, 0.717) is 5.41 Å². The molecule has 2 fully saturated rings. The maximum absolute atomic E-state index is 9.23. The van der Waals surface area contributed by atoms with Crippen molar-refractivity contribution >= 4 is 6.92 Å². The van der Waals surface area contributed by atoms with Crippen molar-refractivity contribution in [1.29, 1.82) is 0 Å². The first kappa shape index (κ1) is 9.54. The van der Waals surface area contributed by atoms with E-state index in [-0.39, 0.29) is 6.92 Å². The van der Waals surface area contributed by atoms with E-state index in [1.807, 2.05) is 6.82 Å². The monoisotopic (exact) mass is 181 g/mol. The predicted octanol–water partition coefficient (Wildman–Crippen LogP) is 1.38. The Morgan fingerprint density at radius 1 is 1.38 bits per heavy atom. The summed E-state index contributed by atoms with van der Waals surface area (Å²) < 4.78 is 0. The first-order chi connectivity index (χ1) is 6.13. The molecule has 2 aliphatic rings. The van der Waals surface area contributed by atoms with Crippen molar-refractivity contribution in [2.24, 2.45) is 11.3 Å². The van der Waals surface area contributed by atoms with Gasteiger partial charge < -0.3 is 10.3 Å². The molecule has 2 saturated carbocycles. The van der Waals surface area contributed by atoms with Gasteiger partial charge in [-0.1, -0.05) is 6.82 Å². The second-order valence-electron chi connectivity index (χ2n) is 5.25. The van der Waals surface area contributed by atoms with Crippen molar-refractivity contribution in [3.8, 4) is 0 Å². The fourth-order valence-corrected chi connectivity index (χ4v) is 3.34. The average molecular weight is 181 g/mol. The zero-order chi connectivity index (χ0) is 9.47. The van der Waals surface area contributed by atoms with Gasteiger partial charge in [0, 0.05) is 6.04 Å². The third kappa shape index (κ3) is 1.77. The topological polar surface area (TPSA) is 32.3 Å². The molecule has 0 saturated heterocycles. The maximum atomic E-state index is 9.23. The molecule has 0 aromatic rings. The van der Waals surface area contributed by atoms with Crippen LogP contribution >= 0.6 is 0 Å². The Balaban J connectivity index is 1.68. The normalized spacial score (nSPS) is 42.7. The molecule has 2 N–H and O–H groups in total. The van der Waals surface area contributed by atoms with E-state index in [0.717, 1.165) is 18.3 Å². The first-order valence-corrected chi connectivity index (χ1v) is 5.49. The summed E-state index contributed by atoms with van der Waals surface area (Å²) in [5, 5.41) is 12.6. The zero-order valence-electron chi connectivity index (χ0n) is 8.71. The lowest BCUT2D eigenvalue weighted by atomic mass is 9.45. The fourth-order valence-electron chi connectivity index (χ4n) is 3.34. The highest BCUT2D eigenvalue weighted by Gasteiger charge is 2.52. The number of rotatable bonds is 3. The van der Waals surface area contributed by atoms with Gasteiger partial charge in [-0.3, -0.25) is 0 Å². The molecule has 0 atom stereocenters. The minimum absolute atomic E-state index is 0.0949. The summed E-state index contributed by atoms with van der Waals surface area (Å²) in [6.07, 6.45) is 6.51. The lowest BCUT2D eigenvalue weighted by Crippen LogP contribution is -2.54. The predicted molar refractivity (Wildman–Crippen MR) is 55.9 cm³/mol. The molecule has 0 aliphatic heterocycles. The molecule has 0 heterocycles. The van der Waals surface area contributed by atoms with Gasteiger partial charge in [0.05, 0.1) is 0 Å². The highest BCUT2D eigenvalue weighted by Crippen LogP contribution is 2.59. The molecule has 0 aromatic carbocycles. The summed E-state index contributed by atoms with van der Waals surface area (Å²) in [7, 11) is 2.06. The molecule has 74 valence electrons. The second kappa shape index (κ2) is 3.28. The van der Waals surface area contributed by atoms with Gasteiger partial charge in [-0.05, 0) is 50.4 Å². The standard InChI is InChI=1S/C10H20BNO/c1-11(13)7-8-3-10(4-8)5-9(6-10)12-2/h8-9,12-13H,3-7H2,1-2H3. The number of hydrogen-bond donors (Lipinski definition) is 2. The van der Waals surface area contributed by atoms with Crippen LogP contribution in [0.4, 0.5) is 0 Å². The average Bonchev–Trinajstić information content (AvgIpc) is 1.90. The minimum Gasteiger partial charge on any atom is -0.451 e. The number of nitrogens with one attached hydrogen (secondary N) is 1. The maximum Gasteiger partial charge on any atom is 0.286 e. The lowest BCUT2D eigenvalue weighted by molar-refractivity contribution is -0.0409. The van der Waals surface area contributed by atoms with Crippen LogP contribution in [-0.4, -0.2) is 25.0 Å². The van der Waals surface area contributed by atoms with E-state index in [1.165, 1.54) is 25.7 Å². The van der Waals surface area contributed by atoms with Gasteiger partial charge in [0.25, 0.3) is 6.92 Å². The van der Waals surface area contributed by atoms with Crippen LogP contribution in [0.2, 0.25) is 13.1 Å². The van der Waals surface area contributed by atoms with Gasteiger partial charge in [-0.2, -0.15) is 0 Å². The molecule has 0 radical (unpaired) electrons. The Hall–Kier alpha value is -0.0151. The number of hydrogen-bond acceptors (Lipinski definition) is 2. The molecular weight excluding hydrogens is 161 g/mol. The Morgan fingerprint density at radius 2 is 2.00 bits per heavy atom. The minimum atomic E-state index is -0.0949. The van der Waals surface area contributed by atoms with Crippen molar-refractivity contribution in [2.75, 3.05) is 7.05 Å². The first-order valence-electron chi connectivity index (χ1n) is 5.49. The highest BCUT2D eigenvalue weighted by molar-refractivity contribution is 6.48. The summed E-state index contributed by atoms with van der Waals surface area (Å²) in [5.74, 6) is 0.817. The van der Waals surface area contributed by atoms with Crippen LogP contribution in [0.25, 0.3) is 0 Å². The zero-order valence-corrected chi connectivity index (χ0v) is 8.71. The largest absolute Gasteiger partial charge is 0.451 e. The molecule has 0 bridgehead atoms. The second-order valence-corrected chi connectivity index (χ2v) is 5.25. The van der Waals surface area contributed by atoms with Crippen molar-refractivity contribution in [3.63, 3.8) is 0 Å². The lowest BCUT2D eigenvalue weighted by Gasteiger charge is -2.58. The Bertz CT molecular complexity index is 181. The van der Waals surface area contributed by atoms with Crippen molar-refractivity contribution in [1.82, 2.24) is 5.32 Å². The van der Waals surface area contributed by atoms with Crippen molar-refractivity contribution < 1.29 is 5.02 Å². The van der Waals surface area contributed by atoms with Crippen LogP contribution in [0.5, 0.6) is 0 Å². The summed E-state index contributed by atoms with van der Waals surface area (Å²) in [6, 6.07) is 0.785. The molecule has 0 aromatic heterocycles. The molecule has 3 heteroatoms. The Labute approximate surface area is 81.2 Å². The van der Waals surface area contributed by atoms with Crippen molar-refractivity contribution in [3.05, 3.63) is 0 Å². The summed E-state index contributed by atoms with van der Waals surface area (Å²) in [4.78, 5) is 0. The molecule has 1 spiro atoms. The third-order valence-electron chi connectivity index (χ3n) is 3.88. The van der Waals surface area contributed by atoms with Gasteiger partial charge in [0.2, 0.25) is 0 Å². The van der Waals surface area contributed by atoms with Crippen molar-refractivity contribution in [2.45, 2.75) is 44.9 Å². The van der Waals surface area contributed by atoms with Crippen LogP contribution in [0.3, 0.4) is 0 Å². The molecule has 2 rings (SSSR count). The summed E-state index contributed by atoms with van der Waals surface area (Å²) in [6.45, 7) is 1.81. The van der Waals surface area contributed by atoms with Crippen LogP contribution in [0, 0.1) is 11.3 Å². The summed E-state index contributed by atoms with van der Waals surface area (Å²) in [5.41, 5.74) is 0.702. The van der Waals surface area contributed by atoms with E-state index in [9.17, 15) is 5.02 Å². The Morgan fingerprint density at radius 3 is 2.46 bits per heavy atom. The Kier molecular flexibility index (Phi) is 2.41. The molecular formula is C10H20BNO. The smallest absolute Gasteiger partial charge is 0.286 e. The van der Waals surface area contributed by atoms with Gasteiger partial charge in [0.1, 0.15) is 0 Å².